The first-order chi connectivity index (χ1) is 15.2. The summed E-state index contributed by atoms with van der Waals surface area (Å²) in [4.78, 5) is 13.0. The highest BCUT2D eigenvalue weighted by Gasteiger charge is 2.26. The van der Waals surface area contributed by atoms with Gasteiger partial charge in [-0.2, -0.15) is 5.10 Å². The van der Waals surface area contributed by atoms with Gasteiger partial charge < -0.3 is 10.6 Å². The lowest BCUT2D eigenvalue weighted by Gasteiger charge is -2.32. The van der Waals surface area contributed by atoms with Crippen LogP contribution in [0.1, 0.15) is 56.9 Å². The van der Waals surface area contributed by atoms with Crippen LogP contribution in [0.4, 0.5) is 5.82 Å². The Kier molecular flexibility index (Phi) is 7.15. The van der Waals surface area contributed by atoms with Crippen LogP contribution in [0.2, 0.25) is 0 Å². The zero-order chi connectivity index (χ0) is 21.5. The molecule has 162 valence electrons. The first-order valence-electron chi connectivity index (χ1n) is 11.5. The highest BCUT2D eigenvalue weighted by molar-refractivity contribution is 5.94. The van der Waals surface area contributed by atoms with E-state index in [0.29, 0.717) is 17.8 Å². The fraction of sp³-hybridized carbons (Fsp3) is 0.385. The third kappa shape index (κ3) is 5.61. The molecular formula is C26H32N4O. The lowest BCUT2D eigenvalue weighted by atomic mass is 9.81. The van der Waals surface area contributed by atoms with Crippen LogP contribution < -0.4 is 10.6 Å². The van der Waals surface area contributed by atoms with Crippen LogP contribution in [0.5, 0.6) is 0 Å². The van der Waals surface area contributed by atoms with E-state index in [2.05, 4.69) is 58.1 Å². The number of H-pyrrole nitrogens is 1. The lowest BCUT2D eigenvalue weighted by molar-refractivity contribution is -0.118. The summed E-state index contributed by atoms with van der Waals surface area (Å²) < 4.78 is 0. The number of hydrogen-bond donors (Lipinski definition) is 3. The van der Waals surface area contributed by atoms with Gasteiger partial charge in [0.05, 0.1) is 11.7 Å². The van der Waals surface area contributed by atoms with Gasteiger partial charge in [-0.3, -0.25) is 9.89 Å². The molecule has 1 fully saturated rings. The van der Waals surface area contributed by atoms with Gasteiger partial charge in [-0.05, 0) is 43.6 Å². The van der Waals surface area contributed by atoms with Crippen LogP contribution >= 0.6 is 0 Å². The molecule has 0 radical (unpaired) electrons. The molecule has 1 aromatic heterocycles. The van der Waals surface area contributed by atoms with Crippen molar-refractivity contribution in [2.75, 3.05) is 5.32 Å². The average Bonchev–Trinajstić information content (AvgIpc) is 3.29. The molecule has 3 N–H and O–H groups in total. The first-order valence-corrected chi connectivity index (χ1v) is 11.5. The predicted octanol–water partition coefficient (Wildman–Crippen LogP) is 5.50. The van der Waals surface area contributed by atoms with Crippen molar-refractivity contribution in [2.24, 2.45) is 0 Å². The van der Waals surface area contributed by atoms with E-state index >= 15 is 0 Å². The summed E-state index contributed by atoms with van der Waals surface area (Å²) in [6, 6.07) is 22.9. The van der Waals surface area contributed by atoms with Gasteiger partial charge in [-0.25, -0.2) is 0 Å². The minimum Gasteiger partial charge on any atom is -0.310 e. The number of carbonyl (C=O) groups is 1. The summed E-state index contributed by atoms with van der Waals surface area (Å²) >= 11 is 0. The molecule has 1 heterocycles. The number of nitrogens with zero attached hydrogens (tertiary/aromatic N) is 1. The fourth-order valence-electron chi connectivity index (χ4n) is 4.54. The molecule has 5 nitrogen and oxygen atoms in total. The Labute approximate surface area is 184 Å². The van der Waals surface area contributed by atoms with E-state index in [9.17, 15) is 4.79 Å². The van der Waals surface area contributed by atoms with Gasteiger partial charge in [0.15, 0.2) is 0 Å². The van der Waals surface area contributed by atoms with Crippen LogP contribution in [-0.2, 0) is 4.79 Å². The Balaban J connectivity index is 1.32. The van der Waals surface area contributed by atoms with Crippen molar-refractivity contribution in [3.63, 3.8) is 0 Å². The van der Waals surface area contributed by atoms with E-state index < -0.39 is 0 Å². The van der Waals surface area contributed by atoms with Crippen LogP contribution in [-0.4, -0.2) is 28.2 Å². The molecule has 5 heteroatoms. The van der Waals surface area contributed by atoms with E-state index in [4.69, 9.17) is 0 Å². The van der Waals surface area contributed by atoms with Crippen molar-refractivity contribution < 1.29 is 4.79 Å². The summed E-state index contributed by atoms with van der Waals surface area (Å²) in [6.07, 6.45) is 6.34. The normalized spacial score (nSPS) is 19.6. The first kappa shape index (κ1) is 21.3. The maximum Gasteiger partial charge on any atom is 0.242 e. The van der Waals surface area contributed by atoms with Crippen molar-refractivity contribution in [3.05, 3.63) is 72.3 Å². The third-order valence-corrected chi connectivity index (χ3v) is 6.23. The second kappa shape index (κ2) is 10.4. The van der Waals surface area contributed by atoms with Crippen molar-refractivity contribution in [2.45, 2.75) is 63.5 Å². The highest BCUT2D eigenvalue weighted by Crippen LogP contribution is 2.33. The molecule has 1 amide bonds. The van der Waals surface area contributed by atoms with Crippen LogP contribution in [0, 0.1) is 0 Å². The van der Waals surface area contributed by atoms with E-state index in [-0.39, 0.29) is 11.9 Å². The Morgan fingerprint density at radius 1 is 1.03 bits per heavy atom. The van der Waals surface area contributed by atoms with Gasteiger partial charge in [0, 0.05) is 17.7 Å². The molecule has 0 bridgehead atoms. The Morgan fingerprint density at radius 3 is 2.39 bits per heavy atom. The quantitative estimate of drug-likeness (QED) is 0.454. The van der Waals surface area contributed by atoms with Gasteiger partial charge in [0.2, 0.25) is 5.91 Å². The molecule has 1 atom stereocenters. The van der Waals surface area contributed by atoms with Gasteiger partial charge in [-0.1, -0.05) is 74.0 Å². The van der Waals surface area contributed by atoms with Gasteiger partial charge in [-0.15, -0.1) is 0 Å². The molecule has 1 saturated carbocycles. The summed E-state index contributed by atoms with van der Waals surface area (Å²) in [7, 11) is 0. The summed E-state index contributed by atoms with van der Waals surface area (Å²) in [5, 5.41) is 14.0. The molecule has 0 unspecified atom stereocenters. The molecule has 1 aliphatic carbocycles. The fourth-order valence-corrected chi connectivity index (χ4v) is 4.54. The second-order valence-electron chi connectivity index (χ2n) is 8.49. The largest absolute Gasteiger partial charge is 0.310 e. The average molecular weight is 417 g/mol. The minimum atomic E-state index is -0.188. The topological polar surface area (TPSA) is 69.8 Å². The Bertz CT molecular complexity index is 946. The Morgan fingerprint density at radius 2 is 1.71 bits per heavy atom. The zero-order valence-corrected chi connectivity index (χ0v) is 18.2. The molecule has 31 heavy (non-hydrogen) atoms. The van der Waals surface area contributed by atoms with Gasteiger partial charge in [0.25, 0.3) is 0 Å². The number of nitrogens with one attached hydrogen (secondary N) is 3. The third-order valence-electron chi connectivity index (χ3n) is 6.23. The molecule has 4 rings (SSSR count). The van der Waals surface area contributed by atoms with Crippen LogP contribution in [0.25, 0.3) is 11.3 Å². The minimum absolute atomic E-state index is 0.00953. The molecule has 0 saturated heterocycles. The summed E-state index contributed by atoms with van der Waals surface area (Å²) in [6.45, 7) is 2.12. The molecular weight excluding hydrogens is 384 g/mol. The molecule has 1 aliphatic rings. The van der Waals surface area contributed by atoms with E-state index in [0.717, 1.165) is 36.9 Å². The zero-order valence-electron chi connectivity index (χ0n) is 18.2. The molecule has 0 aliphatic heterocycles. The van der Waals surface area contributed by atoms with Gasteiger partial charge in [0.1, 0.15) is 5.82 Å². The number of aromatic amines is 1. The van der Waals surface area contributed by atoms with E-state index in [1.165, 1.54) is 18.4 Å². The van der Waals surface area contributed by atoms with Crippen LogP contribution in [0.3, 0.4) is 0 Å². The number of anilines is 1. The van der Waals surface area contributed by atoms with E-state index in [1.807, 2.05) is 36.4 Å². The number of amides is 1. The molecule has 0 spiro atoms. The predicted molar refractivity (Wildman–Crippen MR) is 126 cm³/mol. The summed E-state index contributed by atoms with van der Waals surface area (Å²) in [5.41, 5.74) is 3.30. The Hall–Kier alpha value is -2.92. The van der Waals surface area contributed by atoms with Crippen molar-refractivity contribution in [3.8, 4) is 11.3 Å². The standard InChI is InChI=1S/C26H32N4O/c1-2-9-23(27-22-16-14-20(15-17-22)19-10-5-3-6-11-19)26(31)28-25-18-24(29-30-25)21-12-7-4-8-13-21/h3-8,10-13,18,20,22-23,27H,2,9,14-17H2,1H3,(H2,28,29,30,31)/t20?,22?,23-/m0/s1. The maximum absolute atomic E-state index is 13.0. The van der Waals surface area contributed by atoms with E-state index in [1.54, 1.807) is 0 Å². The smallest absolute Gasteiger partial charge is 0.242 e. The van der Waals surface area contributed by atoms with Crippen molar-refractivity contribution >= 4 is 11.7 Å². The maximum atomic E-state index is 13.0. The monoisotopic (exact) mass is 416 g/mol. The van der Waals surface area contributed by atoms with Crippen molar-refractivity contribution in [1.82, 2.24) is 15.5 Å². The lowest BCUT2D eigenvalue weighted by Crippen LogP contribution is -2.47. The number of aromatic nitrogens is 2. The molecule has 2 aromatic carbocycles. The SMILES string of the molecule is CCC[C@H](NC1CCC(c2ccccc2)CC1)C(=O)Nc1cc(-c2ccccc2)n[nH]1. The van der Waals surface area contributed by atoms with Gasteiger partial charge >= 0.3 is 0 Å². The number of carbonyl (C=O) groups excluding carboxylic acids is 1. The van der Waals surface area contributed by atoms with Crippen LogP contribution in [0.15, 0.2) is 66.7 Å². The number of benzene rings is 2. The number of rotatable bonds is 8. The highest BCUT2D eigenvalue weighted by atomic mass is 16.2. The second-order valence-corrected chi connectivity index (χ2v) is 8.49. The number of hydrogen-bond acceptors (Lipinski definition) is 3. The molecule has 3 aromatic rings. The summed E-state index contributed by atoms with van der Waals surface area (Å²) in [5.74, 6) is 1.29. The van der Waals surface area contributed by atoms with Crippen molar-refractivity contribution in [1.29, 1.82) is 0 Å².